The molecule has 0 radical (unpaired) electrons. The Kier molecular flexibility index (Phi) is 1.30. The molecule has 0 aromatic rings. The van der Waals surface area contributed by atoms with Gasteiger partial charge in [0.05, 0.1) is 6.33 Å². The van der Waals surface area contributed by atoms with E-state index in [0.29, 0.717) is 6.33 Å². The minimum absolute atomic E-state index is 0.0382. The molecule has 4 heavy (non-hydrogen) atoms. The first-order valence-corrected chi connectivity index (χ1v) is 0.960. The molecule has 0 bridgehead atoms. The lowest BCUT2D eigenvalue weighted by atomic mass is 10.8. The van der Waals surface area contributed by atoms with Crippen LogP contribution in [0, 0.1) is 0 Å². The quantitative estimate of drug-likeness (QED) is 0.398. The molecule has 0 saturated heterocycles. The van der Waals surface area contributed by atoms with E-state index in [0.717, 1.165) is 6.08 Å². The van der Waals surface area contributed by atoms with Gasteiger partial charge in [0.2, 0.25) is 0 Å². The lowest BCUT2D eigenvalue weighted by molar-refractivity contribution is 0.719. The van der Waals surface area contributed by atoms with Crippen molar-refractivity contribution < 1.29 is 5.76 Å². The minimum atomic E-state index is 0.0382. The molecule has 0 atom stereocenters. The molecule has 0 nitrogen and oxygen atoms in total. The molecule has 0 aliphatic heterocycles. The molecule has 0 fully saturated rings. The molecule has 0 spiro atoms. The minimum Gasteiger partial charge on any atom is -0.216 e. The fraction of sp³-hybridized carbons (Fsp3) is 0.333. The van der Waals surface area contributed by atoms with Crippen molar-refractivity contribution in [2.45, 2.75) is 6.90 Å². The first kappa shape index (κ1) is 1.94. The summed E-state index contributed by atoms with van der Waals surface area (Å²) in [7, 11) is 0. The Hall–Kier alpha value is -0.330. The van der Waals surface area contributed by atoms with Gasteiger partial charge in [0, 0.05) is 1.37 Å². The molecule has 0 amide bonds. The molecule has 0 saturated carbocycles. The van der Waals surface area contributed by atoms with Crippen LogP contribution in [-0.2, 0) is 0 Å². The molecule has 0 N–H and O–H groups in total. The largest absolute Gasteiger partial charge is 0.216 e. The Balaban J connectivity index is 2.62. The fourth-order valence-corrected chi connectivity index (χ4v) is 0. The zero-order valence-corrected chi connectivity index (χ0v) is 2.24. The first-order valence-electron chi connectivity index (χ1n) is 1.67. The van der Waals surface area contributed by atoms with E-state index >= 15 is 0 Å². The van der Waals surface area contributed by atoms with E-state index in [1.54, 1.807) is 0 Å². The van der Waals surface area contributed by atoms with Gasteiger partial charge in [-0.15, -0.1) is 0 Å². The second-order valence-electron chi connectivity index (χ2n) is 0.362. The van der Waals surface area contributed by atoms with Crippen LogP contribution < -0.4 is 0 Å². The van der Waals surface area contributed by atoms with Crippen LogP contribution in [-0.4, -0.2) is 0 Å². The van der Waals surface area contributed by atoms with Gasteiger partial charge in [-0.3, -0.25) is 0 Å². The molecule has 0 rings (SSSR count). The maximum atomic E-state index is 10.7. The molecule has 0 aliphatic carbocycles. The maximum Gasteiger partial charge on any atom is 0.0824 e. The third-order valence-electron chi connectivity index (χ3n) is 0.0891. The molecule has 0 heterocycles. The predicted molar refractivity (Wildman–Crippen MR) is 15.9 cm³/mol. The summed E-state index contributed by atoms with van der Waals surface area (Å²) in [6, 6.07) is 0. The van der Waals surface area contributed by atoms with Gasteiger partial charge in [-0.1, -0.05) is 6.08 Å². The lowest BCUT2D eigenvalue weighted by Crippen LogP contribution is -1.22. The lowest BCUT2D eigenvalue weighted by Gasteiger charge is -1.45. The monoisotopic (exact) mass is 61.0 g/mol. The number of rotatable bonds is 0. The Bertz CT molecular complexity index is 33.9. The topological polar surface area (TPSA) is 0 Å². The van der Waals surface area contributed by atoms with Crippen molar-refractivity contribution in [2.75, 3.05) is 0 Å². The highest BCUT2D eigenvalue weighted by atomic mass is 19.1. The standard InChI is InChI=1S/C3H5F/c1-2-3-4/h2-3H,1H3/b3-2-/i1D. The third kappa shape index (κ3) is 1.67. The van der Waals surface area contributed by atoms with Crippen LogP contribution in [0.15, 0.2) is 12.4 Å². The van der Waals surface area contributed by atoms with E-state index in [9.17, 15) is 4.39 Å². The molecule has 24 valence electrons. The molecular formula is C3H5F. The van der Waals surface area contributed by atoms with Crippen LogP contribution in [0.3, 0.4) is 0 Å². The molecule has 0 aromatic carbocycles. The zero-order valence-electron chi connectivity index (χ0n) is 3.24. The van der Waals surface area contributed by atoms with E-state index < -0.39 is 0 Å². The summed E-state index contributed by atoms with van der Waals surface area (Å²) in [5.74, 6) is 0. The maximum absolute atomic E-state index is 10.7. The Morgan fingerprint density at radius 3 is 3.00 bits per heavy atom. The van der Waals surface area contributed by atoms with Crippen molar-refractivity contribution in [3.05, 3.63) is 12.4 Å². The summed E-state index contributed by atoms with van der Waals surface area (Å²) in [6.07, 6.45) is 1.49. The van der Waals surface area contributed by atoms with Gasteiger partial charge in [-0.05, 0) is 6.90 Å². The van der Waals surface area contributed by atoms with E-state index in [4.69, 9.17) is 1.37 Å². The van der Waals surface area contributed by atoms with Crippen LogP contribution in [0.25, 0.3) is 0 Å². The van der Waals surface area contributed by atoms with Crippen LogP contribution in [0.1, 0.15) is 8.27 Å². The highest BCUT2D eigenvalue weighted by Crippen LogP contribution is 1.62. The highest BCUT2D eigenvalue weighted by molar-refractivity contribution is 4.61. The van der Waals surface area contributed by atoms with Gasteiger partial charge in [0.15, 0.2) is 0 Å². The van der Waals surface area contributed by atoms with Crippen LogP contribution in [0.2, 0.25) is 0 Å². The summed E-state index contributed by atoms with van der Waals surface area (Å²) < 4.78 is 17.0. The van der Waals surface area contributed by atoms with E-state index in [2.05, 4.69) is 0 Å². The number of halogens is 1. The molecule has 1 heteroatoms. The number of hydrogen-bond acceptors (Lipinski definition) is 0. The molecule has 0 aromatic heterocycles. The van der Waals surface area contributed by atoms with E-state index in [1.165, 1.54) is 0 Å². The van der Waals surface area contributed by atoms with Gasteiger partial charge >= 0.3 is 0 Å². The van der Waals surface area contributed by atoms with Crippen molar-refractivity contribution in [3.63, 3.8) is 0 Å². The van der Waals surface area contributed by atoms with Crippen molar-refractivity contribution in [1.82, 2.24) is 0 Å². The SMILES string of the molecule is [2H]C/C=C\F. The summed E-state index contributed by atoms with van der Waals surface area (Å²) in [6.45, 7) is 0.0382. The Labute approximate surface area is 26.4 Å². The van der Waals surface area contributed by atoms with E-state index in [1.807, 2.05) is 0 Å². The van der Waals surface area contributed by atoms with Gasteiger partial charge < -0.3 is 0 Å². The van der Waals surface area contributed by atoms with Gasteiger partial charge in [-0.2, -0.15) is 0 Å². The fourth-order valence-electron chi connectivity index (χ4n) is 0. The van der Waals surface area contributed by atoms with E-state index in [-0.39, 0.29) is 6.90 Å². The molecule has 0 aliphatic rings. The third-order valence-corrected chi connectivity index (χ3v) is 0.0891. The smallest absolute Gasteiger partial charge is 0.0824 e. The van der Waals surface area contributed by atoms with Crippen LogP contribution in [0.5, 0.6) is 0 Å². The van der Waals surface area contributed by atoms with Gasteiger partial charge in [0.1, 0.15) is 0 Å². The Morgan fingerprint density at radius 1 is 2.25 bits per heavy atom. The first-order chi connectivity index (χ1) is 2.41. The van der Waals surface area contributed by atoms with Crippen molar-refractivity contribution in [3.8, 4) is 0 Å². The van der Waals surface area contributed by atoms with Crippen molar-refractivity contribution >= 4 is 0 Å². The normalized spacial score (nSPS) is 12.8. The highest BCUT2D eigenvalue weighted by Gasteiger charge is 1.38. The molecule has 0 unspecified atom stereocenters. The average Bonchev–Trinajstić information content (AvgIpc) is 1.41. The summed E-state index contributed by atoms with van der Waals surface area (Å²) in [4.78, 5) is 0. The Morgan fingerprint density at radius 2 is 3.00 bits per heavy atom. The summed E-state index contributed by atoms with van der Waals surface area (Å²) in [5.41, 5.74) is 0. The molecular weight excluding hydrogens is 55.0 g/mol. The zero-order chi connectivity index (χ0) is 4.12. The number of hydrogen-bond donors (Lipinski definition) is 0. The van der Waals surface area contributed by atoms with Gasteiger partial charge in [-0.25, -0.2) is 4.39 Å². The predicted octanol–water partition coefficient (Wildman–Crippen LogP) is 1.49. The second-order valence-corrected chi connectivity index (χ2v) is 0.362. The number of allylic oxidation sites excluding steroid dienone is 1. The average molecular weight is 61.1 g/mol. The van der Waals surface area contributed by atoms with Crippen molar-refractivity contribution in [1.29, 1.82) is 0 Å². The van der Waals surface area contributed by atoms with Crippen LogP contribution >= 0.6 is 0 Å². The second kappa shape index (κ2) is 2.67. The van der Waals surface area contributed by atoms with Crippen molar-refractivity contribution in [2.24, 2.45) is 0 Å². The van der Waals surface area contributed by atoms with Gasteiger partial charge in [0.25, 0.3) is 0 Å². The summed E-state index contributed by atoms with van der Waals surface area (Å²) >= 11 is 0. The summed E-state index contributed by atoms with van der Waals surface area (Å²) in [5, 5.41) is 0. The van der Waals surface area contributed by atoms with Crippen LogP contribution in [0.4, 0.5) is 4.39 Å².